The van der Waals surface area contributed by atoms with Crippen molar-refractivity contribution in [2.45, 2.75) is 64.8 Å². The summed E-state index contributed by atoms with van der Waals surface area (Å²) in [6.07, 6.45) is 2.08. The first kappa shape index (κ1) is 30.5. The molecule has 0 saturated carbocycles. The highest BCUT2D eigenvalue weighted by Gasteiger charge is 2.34. The number of methoxy groups -OCH3 is 1. The van der Waals surface area contributed by atoms with Gasteiger partial charge in [0.1, 0.15) is 29.7 Å². The van der Waals surface area contributed by atoms with Gasteiger partial charge in [-0.1, -0.05) is 62.2 Å². The molecule has 0 N–H and O–H groups in total. The number of fused-ring (bicyclic) bond motifs is 2. The monoisotopic (exact) mass is 610 g/mol. The highest BCUT2D eigenvalue weighted by molar-refractivity contribution is 6.42. The van der Waals surface area contributed by atoms with E-state index in [9.17, 15) is 4.79 Å². The summed E-state index contributed by atoms with van der Waals surface area (Å²) in [5, 5.41) is 1.06. The molecule has 224 valence electrons. The molecule has 0 fully saturated rings. The third-order valence-electron chi connectivity index (χ3n) is 8.21. The second-order valence-corrected chi connectivity index (χ2v) is 12.5. The number of hydrogen-bond donors (Lipinski definition) is 0. The van der Waals surface area contributed by atoms with Crippen LogP contribution in [0.15, 0.2) is 54.6 Å². The molecule has 0 spiro atoms. The number of esters is 1. The fourth-order valence-corrected chi connectivity index (χ4v) is 6.29. The van der Waals surface area contributed by atoms with Crippen LogP contribution in [-0.2, 0) is 22.5 Å². The van der Waals surface area contributed by atoms with Crippen molar-refractivity contribution in [2.24, 2.45) is 5.92 Å². The molecule has 8 heteroatoms. The largest absolute Gasteiger partial charge is 0.486 e. The number of benzene rings is 3. The standard InChI is InChI=1S/C34H40Cl2N2O4/c1-6-31(23-9-12-27(35)28(36)15-23)41-26-10-7-22(8-11-26)32-13-14-37(4)29-16-24-17-30(34(39)40-5)38(19-21(2)3)20-25(24)18-33(29)42-32/h7-12,15-16,18,21,30-32H,6,13-14,17,19-20H2,1-5H3/t30-,31+,32+/m0/s1. The lowest BCUT2D eigenvalue weighted by Gasteiger charge is -2.37. The van der Waals surface area contributed by atoms with E-state index in [4.69, 9.17) is 37.4 Å². The van der Waals surface area contributed by atoms with Crippen molar-refractivity contribution in [3.63, 3.8) is 0 Å². The van der Waals surface area contributed by atoms with Crippen LogP contribution in [0.2, 0.25) is 10.0 Å². The summed E-state index contributed by atoms with van der Waals surface area (Å²) < 4.78 is 18.2. The maximum Gasteiger partial charge on any atom is 0.323 e. The average Bonchev–Trinajstić information content (AvgIpc) is 3.13. The van der Waals surface area contributed by atoms with E-state index in [2.05, 4.69) is 61.9 Å². The predicted octanol–water partition coefficient (Wildman–Crippen LogP) is 8.04. The Bertz CT molecular complexity index is 1410. The average molecular weight is 612 g/mol. The van der Waals surface area contributed by atoms with Gasteiger partial charge in [-0.05, 0) is 77.4 Å². The van der Waals surface area contributed by atoms with Crippen molar-refractivity contribution in [3.05, 3.63) is 86.9 Å². The second-order valence-electron chi connectivity index (χ2n) is 11.7. The minimum atomic E-state index is -0.266. The van der Waals surface area contributed by atoms with Crippen LogP contribution >= 0.6 is 23.2 Å². The molecule has 0 unspecified atom stereocenters. The van der Waals surface area contributed by atoms with Gasteiger partial charge in [-0.2, -0.15) is 0 Å². The van der Waals surface area contributed by atoms with E-state index in [0.717, 1.165) is 54.2 Å². The molecule has 0 radical (unpaired) electrons. The molecule has 2 aliphatic heterocycles. The van der Waals surface area contributed by atoms with Crippen LogP contribution in [0.5, 0.6) is 11.5 Å². The molecule has 3 aromatic rings. The van der Waals surface area contributed by atoms with E-state index in [1.165, 1.54) is 18.2 Å². The number of ether oxygens (including phenoxy) is 3. The number of halogens is 2. The highest BCUT2D eigenvalue weighted by Crippen LogP contribution is 2.41. The first-order valence-corrected chi connectivity index (χ1v) is 15.5. The summed E-state index contributed by atoms with van der Waals surface area (Å²) in [5.74, 6) is 1.94. The number of anilines is 1. The minimum Gasteiger partial charge on any atom is -0.486 e. The normalized spacial score (nSPS) is 19.4. The van der Waals surface area contributed by atoms with Crippen LogP contribution in [0.25, 0.3) is 0 Å². The lowest BCUT2D eigenvalue weighted by atomic mass is 9.92. The quantitative estimate of drug-likeness (QED) is 0.241. The lowest BCUT2D eigenvalue weighted by molar-refractivity contribution is -0.147. The fourth-order valence-electron chi connectivity index (χ4n) is 5.98. The van der Waals surface area contributed by atoms with E-state index in [-0.39, 0.29) is 24.2 Å². The van der Waals surface area contributed by atoms with Crippen molar-refractivity contribution in [3.8, 4) is 11.5 Å². The molecule has 2 heterocycles. The number of hydrogen-bond acceptors (Lipinski definition) is 6. The highest BCUT2D eigenvalue weighted by atomic mass is 35.5. The van der Waals surface area contributed by atoms with Crippen LogP contribution in [0.1, 0.15) is 68.1 Å². The Morgan fingerprint density at radius 2 is 1.81 bits per heavy atom. The molecule has 0 saturated heterocycles. The number of nitrogens with zero attached hydrogens (tertiary/aromatic N) is 2. The molecule has 3 aromatic carbocycles. The minimum absolute atomic E-state index is 0.0870. The van der Waals surface area contributed by atoms with Gasteiger partial charge in [0.2, 0.25) is 0 Å². The SMILES string of the molecule is CC[C@@H](Oc1ccc([C@H]2CCN(C)c3cc4c(cc3O2)CN(CC(C)C)[C@H](C(=O)OC)C4)cc1)c1ccc(Cl)c(Cl)c1. The summed E-state index contributed by atoms with van der Waals surface area (Å²) in [7, 11) is 3.58. The zero-order chi connectivity index (χ0) is 30.0. The Morgan fingerprint density at radius 3 is 2.48 bits per heavy atom. The van der Waals surface area contributed by atoms with Gasteiger partial charge in [-0.3, -0.25) is 9.69 Å². The molecule has 42 heavy (non-hydrogen) atoms. The second kappa shape index (κ2) is 13.2. The third-order valence-corrected chi connectivity index (χ3v) is 8.94. The van der Waals surface area contributed by atoms with Crippen molar-refractivity contribution in [1.29, 1.82) is 0 Å². The summed E-state index contributed by atoms with van der Waals surface area (Å²) in [4.78, 5) is 17.1. The topological polar surface area (TPSA) is 51.2 Å². The molecule has 0 amide bonds. The maximum absolute atomic E-state index is 12.7. The predicted molar refractivity (Wildman–Crippen MR) is 169 cm³/mol. The molecule has 5 rings (SSSR count). The van der Waals surface area contributed by atoms with Gasteiger partial charge in [0.15, 0.2) is 0 Å². The molecular formula is C34H40Cl2N2O4. The van der Waals surface area contributed by atoms with Crippen LogP contribution in [0.3, 0.4) is 0 Å². The first-order chi connectivity index (χ1) is 20.2. The van der Waals surface area contributed by atoms with Gasteiger partial charge in [0, 0.05) is 33.1 Å². The third kappa shape index (κ3) is 6.66. The van der Waals surface area contributed by atoms with Gasteiger partial charge in [0.05, 0.1) is 22.8 Å². The van der Waals surface area contributed by atoms with Crippen molar-refractivity contribution < 1.29 is 19.0 Å². The van der Waals surface area contributed by atoms with Gasteiger partial charge >= 0.3 is 5.97 Å². The number of carbonyl (C=O) groups is 1. The Balaban J connectivity index is 1.35. The molecule has 0 aromatic heterocycles. The van der Waals surface area contributed by atoms with E-state index in [1.54, 1.807) is 0 Å². The first-order valence-electron chi connectivity index (χ1n) is 14.7. The van der Waals surface area contributed by atoms with Crippen LogP contribution in [0.4, 0.5) is 5.69 Å². The Morgan fingerprint density at radius 1 is 1.05 bits per heavy atom. The zero-order valence-corrected chi connectivity index (χ0v) is 26.5. The Hall–Kier alpha value is -2.93. The lowest BCUT2D eigenvalue weighted by Crippen LogP contribution is -2.47. The van der Waals surface area contributed by atoms with Gasteiger partial charge < -0.3 is 19.1 Å². The summed E-state index contributed by atoms with van der Waals surface area (Å²) in [6, 6.07) is 18.0. The molecule has 3 atom stereocenters. The van der Waals surface area contributed by atoms with Crippen molar-refractivity contribution in [1.82, 2.24) is 4.90 Å². The van der Waals surface area contributed by atoms with Gasteiger partial charge in [-0.25, -0.2) is 0 Å². The fraction of sp³-hybridized carbons (Fsp3) is 0.441. The van der Waals surface area contributed by atoms with Crippen molar-refractivity contribution >= 4 is 34.9 Å². The number of carbonyl (C=O) groups excluding carboxylic acids is 1. The zero-order valence-electron chi connectivity index (χ0n) is 25.0. The van der Waals surface area contributed by atoms with Crippen LogP contribution < -0.4 is 14.4 Å². The van der Waals surface area contributed by atoms with E-state index < -0.39 is 0 Å². The van der Waals surface area contributed by atoms with E-state index in [0.29, 0.717) is 28.9 Å². The summed E-state index contributed by atoms with van der Waals surface area (Å²) in [5.41, 5.74) is 5.56. The molecular weight excluding hydrogens is 571 g/mol. The Labute approximate surface area is 259 Å². The molecule has 0 aliphatic carbocycles. The smallest absolute Gasteiger partial charge is 0.323 e. The van der Waals surface area contributed by atoms with E-state index in [1.807, 2.05) is 30.3 Å². The molecule has 6 nitrogen and oxygen atoms in total. The van der Waals surface area contributed by atoms with E-state index >= 15 is 0 Å². The van der Waals surface area contributed by atoms with Gasteiger partial charge in [0.25, 0.3) is 0 Å². The molecule has 2 aliphatic rings. The maximum atomic E-state index is 12.7. The van der Waals surface area contributed by atoms with Gasteiger partial charge in [-0.15, -0.1) is 0 Å². The number of rotatable bonds is 8. The summed E-state index contributed by atoms with van der Waals surface area (Å²) >= 11 is 12.4. The van der Waals surface area contributed by atoms with Crippen LogP contribution in [0, 0.1) is 5.92 Å². The van der Waals surface area contributed by atoms with Crippen molar-refractivity contribution in [2.75, 3.05) is 32.1 Å². The molecule has 0 bridgehead atoms. The summed E-state index contributed by atoms with van der Waals surface area (Å²) in [6.45, 7) is 8.82. The Kier molecular flexibility index (Phi) is 9.56. The van der Waals surface area contributed by atoms with Crippen LogP contribution in [-0.4, -0.2) is 44.2 Å².